The summed E-state index contributed by atoms with van der Waals surface area (Å²) in [6.07, 6.45) is 0.584. The molecule has 0 aliphatic rings. The fourth-order valence-corrected chi connectivity index (χ4v) is 1.88. The van der Waals surface area contributed by atoms with Crippen LogP contribution in [-0.2, 0) is 17.8 Å². The van der Waals surface area contributed by atoms with Gasteiger partial charge >= 0.3 is 0 Å². The fraction of sp³-hybridized carbons (Fsp3) is 0.267. The van der Waals surface area contributed by atoms with Crippen LogP contribution in [0.2, 0.25) is 0 Å². The van der Waals surface area contributed by atoms with Crippen LogP contribution in [0, 0.1) is 0 Å². The first kappa shape index (κ1) is 14.8. The molecule has 110 valence electrons. The van der Waals surface area contributed by atoms with Crippen LogP contribution < -0.4 is 11.1 Å². The summed E-state index contributed by atoms with van der Waals surface area (Å²) in [5.74, 6) is 0.153. The van der Waals surface area contributed by atoms with Crippen LogP contribution in [0.25, 0.3) is 11.3 Å². The molecule has 0 bridgehead atoms. The SMILES string of the molecule is CCc1nc(C(N)=O)c(-c2ccc(CNC(C)=O)cc2)o1. The largest absolute Gasteiger partial charge is 0.440 e. The second-order valence-corrected chi connectivity index (χ2v) is 4.61. The molecule has 0 unspecified atom stereocenters. The maximum absolute atomic E-state index is 11.4. The minimum Gasteiger partial charge on any atom is -0.440 e. The maximum atomic E-state index is 11.4. The summed E-state index contributed by atoms with van der Waals surface area (Å²) in [5, 5.41) is 2.72. The number of nitrogens with two attached hydrogens (primary N) is 1. The summed E-state index contributed by atoms with van der Waals surface area (Å²) in [4.78, 5) is 26.4. The molecule has 0 aliphatic carbocycles. The Morgan fingerprint density at radius 1 is 1.29 bits per heavy atom. The molecule has 0 saturated heterocycles. The molecule has 0 atom stereocenters. The van der Waals surface area contributed by atoms with E-state index in [4.69, 9.17) is 10.2 Å². The number of hydrogen-bond acceptors (Lipinski definition) is 4. The molecule has 0 radical (unpaired) electrons. The van der Waals surface area contributed by atoms with Gasteiger partial charge in [-0.3, -0.25) is 9.59 Å². The van der Waals surface area contributed by atoms with E-state index in [1.54, 1.807) is 0 Å². The number of hydrogen-bond donors (Lipinski definition) is 2. The van der Waals surface area contributed by atoms with E-state index < -0.39 is 5.91 Å². The quantitative estimate of drug-likeness (QED) is 0.873. The molecule has 1 aromatic carbocycles. The Morgan fingerprint density at radius 3 is 2.48 bits per heavy atom. The molecule has 3 N–H and O–H groups in total. The average molecular weight is 287 g/mol. The van der Waals surface area contributed by atoms with E-state index in [-0.39, 0.29) is 11.6 Å². The fourth-order valence-electron chi connectivity index (χ4n) is 1.88. The summed E-state index contributed by atoms with van der Waals surface area (Å²) in [6, 6.07) is 7.32. The van der Waals surface area contributed by atoms with E-state index in [0.29, 0.717) is 24.6 Å². The van der Waals surface area contributed by atoms with Crippen LogP contribution >= 0.6 is 0 Å². The number of aryl methyl sites for hydroxylation is 1. The number of oxazole rings is 1. The second kappa shape index (κ2) is 6.21. The van der Waals surface area contributed by atoms with Crippen LogP contribution in [0.5, 0.6) is 0 Å². The van der Waals surface area contributed by atoms with Gasteiger partial charge in [0.25, 0.3) is 5.91 Å². The molecule has 21 heavy (non-hydrogen) atoms. The van der Waals surface area contributed by atoms with E-state index in [1.807, 2.05) is 31.2 Å². The number of carbonyl (C=O) groups excluding carboxylic acids is 2. The van der Waals surface area contributed by atoms with Crippen molar-refractivity contribution in [1.82, 2.24) is 10.3 Å². The van der Waals surface area contributed by atoms with Crippen LogP contribution in [-0.4, -0.2) is 16.8 Å². The molecular formula is C15H17N3O3. The van der Waals surface area contributed by atoms with Crippen LogP contribution in [0.4, 0.5) is 0 Å². The third kappa shape index (κ3) is 3.47. The number of nitrogens with one attached hydrogen (secondary N) is 1. The standard InChI is InChI=1S/C15H17N3O3/c1-3-12-18-13(15(16)20)14(21-12)11-6-4-10(5-7-11)8-17-9(2)19/h4-7H,3,8H2,1-2H3,(H2,16,20)(H,17,19). The van der Waals surface area contributed by atoms with Crippen LogP contribution in [0.15, 0.2) is 28.7 Å². The molecule has 0 spiro atoms. The highest BCUT2D eigenvalue weighted by molar-refractivity contribution is 5.96. The summed E-state index contributed by atoms with van der Waals surface area (Å²) in [7, 11) is 0. The normalized spacial score (nSPS) is 10.4. The Hall–Kier alpha value is -2.63. The highest BCUT2D eigenvalue weighted by atomic mass is 16.4. The number of amides is 2. The third-order valence-corrected chi connectivity index (χ3v) is 2.96. The van der Waals surface area contributed by atoms with Gasteiger partial charge in [0.15, 0.2) is 17.3 Å². The first-order chi connectivity index (χ1) is 10.0. The first-order valence-corrected chi connectivity index (χ1v) is 6.64. The van der Waals surface area contributed by atoms with Gasteiger partial charge in [0.2, 0.25) is 5.91 Å². The first-order valence-electron chi connectivity index (χ1n) is 6.64. The van der Waals surface area contributed by atoms with Crippen molar-refractivity contribution >= 4 is 11.8 Å². The summed E-state index contributed by atoms with van der Waals surface area (Å²) >= 11 is 0. The number of carbonyl (C=O) groups is 2. The van der Waals surface area contributed by atoms with Gasteiger partial charge in [-0.2, -0.15) is 0 Å². The molecule has 0 saturated carbocycles. The van der Waals surface area contributed by atoms with Gasteiger partial charge in [-0.25, -0.2) is 4.98 Å². The molecule has 6 nitrogen and oxygen atoms in total. The molecular weight excluding hydrogens is 270 g/mol. The lowest BCUT2D eigenvalue weighted by atomic mass is 10.1. The number of benzene rings is 1. The molecule has 2 aromatic rings. The summed E-state index contributed by atoms with van der Waals surface area (Å²) in [6.45, 7) is 3.81. The predicted molar refractivity (Wildman–Crippen MR) is 77.4 cm³/mol. The van der Waals surface area contributed by atoms with E-state index in [0.717, 1.165) is 11.1 Å². The van der Waals surface area contributed by atoms with E-state index in [9.17, 15) is 9.59 Å². The Kier molecular flexibility index (Phi) is 4.37. The van der Waals surface area contributed by atoms with Crippen molar-refractivity contribution in [2.24, 2.45) is 5.73 Å². The molecule has 2 amide bonds. The van der Waals surface area contributed by atoms with E-state index in [2.05, 4.69) is 10.3 Å². The van der Waals surface area contributed by atoms with Gasteiger partial charge in [0.05, 0.1) is 0 Å². The minimum absolute atomic E-state index is 0.0853. The predicted octanol–water partition coefficient (Wildman–Crippen LogP) is 1.64. The van der Waals surface area contributed by atoms with Crippen molar-refractivity contribution in [3.63, 3.8) is 0 Å². The maximum Gasteiger partial charge on any atom is 0.271 e. The highest BCUT2D eigenvalue weighted by Crippen LogP contribution is 2.25. The number of nitrogens with zero attached hydrogens (tertiary/aromatic N) is 1. The molecule has 1 aromatic heterocycles. The topological polar surface area (TPSA) is 98.2 Å². The van der Waals surface area contributed by atoms with E-state index in [1.165, 1.54) is 6.92 Å². The highest BCUT2D eigenvalue weighted by Gasteiger charge is 2.18. The zero-order valence-corrected chi connectivity index (χ0v) is 12.0. The number of primary amides is 1. The Balaban J connectivity index is 2.28. The van der Waals surface area contributed by atoms with Crippen LogP contribution in [0.3, 0.4) is 0 Å². The van der Waals surface area contributed by atoms with Crippen molar-refractivity contribution in [1.29, 1.82) is 0 Å². The molecule has 2 rings (SSSR count). The lowest BCUT2D eigenvalue weighted by Crippen LogP contribution is -2.18. The lowest BCUT2D eigenvalue weighted by Gasteiger charge is -2.04. The van der Waals surface area contributed by atoms with E-state index >= 15 is 0 Å². The van der Waals surface area contributed by atoms with Crippen LogP contribution in [0.1, 0.15) is 35.8 Å². The van der Waals surface area contributed by atoms with Crippen molar-refractivity contribution in [2.45, 2.75) is 26.8 Å². The molecule has 6 heteroatoms. The smallest absolute Gasteiger partial charge is 0.271 e. The van der Waals surface area contributed by atoms with Gasteiger partial charge in [-0.05, 0) is 5.56 Å². The monoisotopic (exact) mass is 287 g/mol. The zero-order valence-electron chi connectivity index (χ0n) is 12.0. The summed E-state index contributed by atoms with van der Waals surface area (Å²) in [5.41, 5.74) is 7.14. The van der Waals surface area contributed by atoms with Crippen molar-refractivity contribution in [2.75, 3.05) is 0 Å². The molecule has 0 fully saturated rings. The third-order valence-electron chi connectivity index (χ3n) is 2.96. The van der Waals surface area contributed by atoms with Crippen molar-refractivity contribution in [3.8, 4) is 11.3 Å². The zero-order chi connectivity index (χ0) is 15.4. The Labute approximate surface area is 122 Å². The van der Waals surface area contributed by atoms with Gasteiger partial charge < -0.3 is 15.5 Å². The minimum atomic E-state index is -0.615. The average Bonchev–Trinajstić information content (AvgIpc) is 2.90. The molecule has 1 heterocycles. The second-order valence-electron chi connectivity index (χ2n) is 4.61. The summed E-state index contributed by atoms with van der Waals surface area (Å²) < 4.78 is 5.57. The number of rotatable bonds is 5. The lowest BCUT2D eigenvalue weighted by molar-refractivity contribution is -0.119. The molecule has 0 aliphatic heterocycles. The van der Waals surface area contributed by atoms with Gasteiger partial charge in [0.1, 0.15) is 0 Å². The van der Waals surface area contributed by atoms with Gasteiger partial charge in [0, 0.05) is 25.5 Å². The Morgan fingerprint density at radius 2 is 1.95 bits per heavy atom. The van der Waals surface area contributed by atoms with Crippen molar-refractivity contribution in [3.05, 3.63) is 41.4 Å². The van der Waals surface area contributed by atoms with Gasteiger partial charge in [-0.1, -0.05) is 31.2 Å². The van der Waals surface area contributed by atoms with Crippen molar-refractivity contribution < 1.29 is 14.0 Å². The Bertz CT molecular complexity index is 659. The van der Waals surface area contributed by atoms with Gasteiger partial charge in [-0.15, -0.1) is 0 Å². The number of aromatic nitrogens is 1.